The molecule has 128 valence electrons. The fourth-order valence-electron chi connectivity index (χ4n) is 2.29. The summed E-state index contributed by atoms with van der Waals surface area (Å²) in [5.74, 6) is 0.433. The van der Waals surface area contributed by atoms with Gasteiger partial charge in [-0.15, -0.1) is 0 Å². The number of hydrogen-bond acceptors (Lipinski definition) is 6. The lowest BCUT2D eigenvalue weighted by molar-refractivity contribution is 0.0962. The molecular formula is C16H16BrN7O. The number of benzene rings is 1. The predicted octanol–water partition coefficient (Wildman–Crippen LogP) is 2.38. The van der Waals surface area contributed by atoms with Crippen molar-refractivity contribution in [3.63, 3.8) is 0 Å². The molecule has 0 unspecified atom stereocenters. The molecule has 2 aromatic heterocycles. The van der Waals surface area contributed by atoms with Gasteiger partial charge in [-0.1, -0.05) is 15.9 Å². The first-order valence-electron chi connectivity index (χ1n) is 7.41. The number of amides is 1. The molecule has 25 heavy (non-hydrogen) atoms. The van der Waals surface area contributed by atoms with Crippen LogP contribution in [0.3, 0.4) is 0 Å². The molecule has 9 heteroatoms. The number of aryl methyl sites for hydroxylation is 2. The summed E-state index contributed by atoms with van der Waals surface area (Å²) in [4.78, 5) is 20.4. The topological polar surface area (TPSA) is 111 Å². The molecule has 0 bridgehead atoms. The largest absolute Gasteiger partial charge is 0.393 e. The highest BCUT2D eigenvalue weighted by atomic mass is 79.9. The van der Waals surface area contributed by atoms with E-state index in [9.17, 15) is 4.79 Å². The van der Waals surface area contributed by atoms with Crippen LogP contribution >= 0.6 is 15.9 Å². The van der Waals surface area contributed by atoms with Gasteiger partial charge >= 0.3 is 0 Å². The van der Waals surface area contributed by atoms with Crippen LogP contribution in [-0.2, 0) is 0 Å². The maximum Gasteiger partial charge on any atom is 0.269 e. The number of hydrazine groups is 1. The van der Waals surface area contributed by atoms with E-state index in [1.165, 1.54) is 6.33 Å². The zero-order valence-electron chi connectivity index (χ0n) is 13.6. The van der Waals surface area contributed by atoms with Crippen molar-refractivity contribution in [1.29, 1.82) is 0 Å². The molecule has 0 aliphatic carbocycles. The smallest absolute Gasteiger partial charge is 0.269 e. The molecule has 0 spiro atoms. The number of halogens is 1. The Morgan fingerprint density at radius 1 is 1.20 bits per heavy atom. The van der Waals surface area contributed by atoms with Crippen LogP contribution < -0.4 is 16.6 Å². The van der Waals surface area contributed by atoms with E-state index in [1.807, 2.05) is 19.9 Å². The molecule has 1 aromatic carbocycles. The van der Waals surface area contributed by atoms with E-state index in [0.717, 1.165) is 15.9 Å². The Bertz CT molecular complexity index is 921. The summed E-state index contributed by atoms with van der Waals surface area (Å²) in [6, 6.07) is 8.89. The molecule has 4 N–H and O–H groups in total. The summed E-state index contributed by atoms with van der Waals surface area (Å²) in [6.45, 7) is 3.79. The van der Waals surface area contributed by atoms with Gasteiger partial charge in [0.25, 0.3) is 5.91 Å². The minimum Gasteiger partial charge on any atom is -0.393 e. The zero-order valence-corrected chi connectivity index (χ0v) is 15.2. The lowest BCUT2D eigenvalue weighted by Gasteiger charge is -2.12. The minimum absolute atomic E-state index is 0.282. The van der Waals surface area contributed by atoms with Crippen molar-refractivity contribution in [3.05, 3.63) is 58.1 Å². The number of carbonyl (C=O) groups excluding carboxylic acids is 1. The molecule has 0 fully saturated rings. The predicted molar refractivity (Wildman–Crippen MR) is 98.3 cm³/mol. The van der Waals surface area contributed by atoms with Crippen LogP contribution in [0.2, 0.25) is 0 Å². The Morgan fingerprint density at radius 3 is 2.56 bits per heavy atom. The minimum atomic E-state index is -0.307. The van der Waals surface area contributed by atoms with E-state index in [4.69, 9.17) is 5.73 Å². The highest BCUT2D eigenvalue weighted by molar-refractivity contribution is 9.10. The number of nitrogen functional groups attached to an aromatic ring is 1. The first kappa shape index (κ1) is 16.9. The highest BCUT2D eigenvalue weighted by Crippen LogP contribution is 2.22. The van der Waals surface area contributed by atoms with E-state index >= 15 is 0 Å². The van der Waals surface area contributed by atoms with Crippen LogP contribution in [0.5, 0.6) is 0 Å². The fourth-order valence-corrected chi connectivity index (χ4v) is 2.55. The third-order valence-corrected chi connectivity index (χ3v) is 4.00. The first-order valence-corrected chi connectivity index (χ1v) is 8.21. The number of nitrogens with zero attached hydrogens (tertiary/aromatic N) is 4. The number of nitrogens with two attached hydrogens (primary N) is 1. The molecule has 0 aliphatic rings. The summed E-state index contributed by atoms with van der Waals surface area (Å²) in [5.41, 5.74) is 14.0. The van der Waals surface area contributed by atoms with Crippen LogP contribution in [0.1, 0.15) is 21.7 Å². The normalized spacial score (nSPS) is 10.5. The molecule has 2 heterocycles. The van der Waals surface area contributed by atoms with Crippen LogP contribution in [0.15, 0.2) is 41.1 Å². The average molecular weight is 402 g/mol. The van der Waals surface area contributed by atoms with E-state index < -0.39 is 0 Å². The first-order chi connectivity index (χ1) is 12.0. The van der Waals surface area contributed by atoms with Crippen molar-refractivity contribution in [3.8, 4) is 5.82 Å². The Balaban J connectivity index is 1.79. The second kappa shape index (κ2) is 6.89. The van der Waals surface area contributed by atoms with Crippen molar-refractivity contribution < 1.29 is 4.79 Å². The van der Waals surface area contributed by atoms with Gasteiger partial charge in [-0.2, -0.15) is 5.10 Å². The highest BCUT2D eigenvalue weighted by Gasteiger charge is 2.14. The third-order valence-electron chi connectivity index (χ3n) is 3.47. The Morgan fingerprint density at radius 2 is 1.92 bits per heavy atom. The summed E-state index contributed by atoms with van der Waals surface area (Å²) in [7, 11) is 0. The second-order valence-corrected chi connectivity index (χ2v) is 6.30. The third kappa shape index (κ3) is 3.61. The molecule has 1 amide bonds. The molecule has 0 saturated carbocycles. The van der Waals surface area contributed by atoms with Crippen LogP contribution in [0, 0.1) is 13.8 Å². The van der Waals surface area contributed by atoms with Gasteiger partial charge < -0.3 is 5.73 Å². The van der Waals surface area contributed by atoms with Crippen molar-refractivity contribution in [2.24, 2.45) is 0 Å². The summed E-state index contributed by atoms with van der Waals surface area (Å²) >= 11 is 3.33. The molecule has 0 saturated heterocycles. The maximum absolute atomic E-state index is 12.2. The summed E-state index contributed by atoms with van der Waals surface area (Å²) < 4.78 is 2.53. The van der Waals surface area contributed by atoms with E-state index in [-0.39, 0.29) is 11.6 Å². The van der Waals surface area contributed by atoms with Gasteiger partial charge in [0.1, 0.15) is 12.0 Å². The Labute approximate surface area is 152 Å². The number of anilines is 2. The zero-order chi connectivity index (χ0) is 18.0. The van der Waals surface area contributed by atoms with Gasteiger partial charge in [-0.25, -0.2) is 14.6 Å². The van der Waals surface area contributed by atoms with Crippen LogP contribution in [0.25, 0.3) is 5.82 Å². The number of aromatic nitrogens is 4. The van der Waals surface area contributed by atoms with Crippen molar-refractivity contribution in [2.45, 2.75) is 13.8 Å². The van der Waals surface area contributed by atoms with Gasteiger partial charge in [-0.3, -0.25) is 15.6 Å². The van der Waals surface area contributed by atoms with Crippen LogP contribution in [0.4, 0.5) is 11.5 Å². The molecule has 3 rings (SSSR count). The number of carbonyl (C=O) groups is 1. The molecule has 3 aromatic rings. The van der Waals surface area contributed by atoms with Crippen LogP contribution in [-0.4, -0.2) is 25.7 Å². The molecule has 0 atom stereocenters. The summed E-state index contributed by atoms with van der Waals surface area (Å²) in [6.07, 6.45) is 1.36. The average Bonchev–Trinajstić information content (AvgIpc) is 2.92. The van der Waals surface area contributed by atoms with Crippen molar-refractivity contribution >= 4 is 33.3 Å². The molecule has 0 aliphatic heterocycles. The Hall–Kier alpha value is -2.94. The van der Waals surface area contributed by atoms with Gasteiger partial charge in [0.2, 0.25) is 0 Å². The van der Waals surface area contributed by atoms with E-state index in [1.54, 1.807) is 28.9 Å². The second-order valence-electron chi connectivity index (χ2n) is 5.38. The molecule has 0 radical (unpaired) electrons. The maximum atomic E-state index is 12.2. The van der Waals surface area contributed by atoms with Gasteiger partial charge in [-0.05, 0) is 44.2 Å². The monoisotopic (exact) mass is 401 g/mol. The molecular weight excluding hydrogens is 386 g/mol. The van der Waals surface area contributed by atoms with Crippen molar-refractivity contribution in [2.75, 3.05) is 11.2 Å². The van der Waals surface area contributed by atoms with Gasteiger partial charge in [0, 0.05) is 15.7 Å². The SMILES string of the molecule is Cc1cc(C)n(-c2ncnc(NNC(=O)c3ccc(Br)cc3)c2N)n1. The Kier molecular flexibility index (Phi) is 4.66. The van der Waals surface area contributed by atoms with Gasteiger partial charge in [0.05, 0.1) is 5.69 Å². The quantitative estimate of drug-likeness (QED) is 0.578. The number of hydrogen-bond donors (Lipinski definition) is 3. The standard InChI is InChI=1S/C16H16BrN7O/c1-9-7-10(2)24(23-9)15-13(18)14(19-8-20-15)21-22-16(25)11-3-5-12(17)6-4-11/h3-8H,18H2,1-2H3,(H,22,25)(H,19,20,21). The fraction of sp³-hybridized carbons (Fsp3) is 0.125. The van der Waals surface area contributed by atoms with E-state index in [0.29, 0.717) is 17.2 Å². The van der Waals surface area contributed by atoms with Gasteiger partial charge in [0.15, 0.2) is 11.6 Å². The lowest BCUT2D eigenvalue weighted by Crippen LogP contribution is -2.30. The molecule has 8 nitrogen and oxygen atoms in total. The van der Waals surface area contributed by atoms with Crippen molar-refractivity contribution in [1.82, 2.24) is 25.2 Å². The lowest BCUT2D eigenvalue weighted by atomic mass is 10.2. The van der Waals surface area contributed by atoms with E-state index in [2.05, 4.69) is 41.8 Å². The number of rotatable bonds is 4. The summed E-state index contributed by atoms with van der Waals surface area (Å²) in [5, 5.41) is 4.36. The number of nitrogens with one attached hydrogen (secondary N) is 2.